The molecule has 0 aliphatic carbocycles. The maximum atomic E-state index is 12.3. The van der Waals surface area contributed by atoms with Crippen LogP contribution in [0.5, 0.6) is 5.75 Å². The minimum atomic E-state index is -0.243. The van der Waals surface area contributed by atoms with Gasteiger partial charge in [0, 0.05) is 23.4 Å². The molecule has 2 heterocycles. The van der Waals surface area contributed by atoms with Gasteiger partial charge in [-0.2, -0.15) is 0 Å². The van der Waals surface area contributed by atoms with E-state index in [0.29, 0.717) is 24.3 Å². The molecular formula is C19H21NO4S. The van der Waals surface area contributed by atoms with Crippen LogP contribution in [0.2, 0.25) is 0 Å². The normalized spacial score (nSPS) is 12.2. The third-order valence-corrected chi connectivity index (χ3v) is 5.19. The number of para-hydroxylation sites is 1. The van der Waals surface area contributed by atoms with Gasteiger partial charge in [-0.1, -0.05) is 18.2 Å². The van der Waals surface area contributed by atoms with E-state index in [4.69, 9.17) is 9.15 Å². The molecule has 6 heteroatoms. The van der Waals surface area contributed by atoms with Crippen LogP contribution in [0.15, 0.2) is 46.2 Å². The monoisotopic (exact) mass is 359 g/mol. The fraction of sp³-hybridized carbons (Fsp3) is 0.316. The number of furan rings is 1. The summed E-state index contributed by atoms with van der Waals surface area (Å²) in [6.45, 7) is 0.662. The van der Waals surface area contributed by atoms with Crippen LogP contribution in [0, 0.1) is 0 Å². The Morgan fingerprint density at radius 1 is 1.32 bits per heavy atom. The summed E-state index contributed by atoms with van der Waals surface area (Å²) in [6.07, 6.45) is 1.47. The van der Waals surface area contributed by atoms with Crippen molar-refractivity contribution in [2.45, 2.75) is 18.8 Å². The summed E-state index contributed by atoms with van der Waals surface area (Å²) >= 11 is 1.68. The lowest BCUT2D eigenvalue weighted by molar-refractivity contribution is 0.0926. The number of thiophene rings is 1. The van der Waals surface area contributed by atoms with Gasteiger partial charge in [0.1, 0.15) is 0 Å². The number of carbonyl (C=O) groups is 1. The first-order valence-corrected chi connectivity index (χ1v) is 9.10. The molecule has 0 aliphatic heterocycles. The standard InChI is InChI=1S/C19H21NO4S/c1-23-15-5-2-4-14-12-16(24-18(14)15)19(22)20-9-7-13(8-10-21)17-6-3-11-25-17/h2-6,11-13,21H,7-10H2,1H3,(H,20,22). The highest BCUT2D eigenvalue weighted by molar-refractivity contribution is 7.10. The summed E-state index contributed by atoms with van der Waals surface area (Å²) in [5.41, 5.74) is 0.576. The van der Waals surface area contributed by atoms with Crippen LogP contribution in [0.25, 0.3) is 11.0 Å². The lowest BCUT2D eigenvalue weighted by atomic mass is 10.00. The van der Waals surface area contributed by atoms with Gasteiger partial charge in [-0.3, -0.25) is 4.79 Å². The van der Waals surface area contributed by atoms with Gasteiger partial charge in [-0.05, 0) is 42.3 Å². The summed E-state index contributed by atoms with van der Waals surface area (Å²) in [7, 11) is 1.57. The lowest BCUT2D eigenvalue weighted by Crippen LogP contribution is -2.25. The second-order valence-electron chi connectivity index (χ2n) is 5.76. The molecule has 5 nitrogen and oxygen atoms in total. The molecule has 3 aromatic rings. The molecule has 0 saturated heterocycles. The van der Waals surface area contributed by atoms with Gasteiger partial charge in [-0.15, -0.1) is 11.3 Å². The van der Waals surface area contributed by atoms with Gasteiger partial charge >= 0.3 is 0 Å². The number of benzene rings is 1. The van der Waals surface area contributed by atoms with E-state index >= 15 is 0 Å². The molecule has 0 aliphatic rings. The number of aliphatic hydroxyl groups is 1. The Kier molecular flexibility index (Phi) is 5.73. The van der Waals surface area contributed by atoms with Crippen molar-refractivity contribution in [1.29, 1.82) is 0 Å². The molecule has 25 heavy (non-hydrogen) atoms. The van der Waals surface area contributed by atoms with Gasteiger partial charge < -0.3 is 19.6 Å². The first-order valence-electron chi connectivity index (χ1n) is 8.22. The molecule has 1 atom stereocenters. The molecule has 0 fully saturated rings. The van der Waals surface area contributed by atoms with Crippen molar-refractivity contribution in [2.24, 2.45) is 0 Å². The summed E-state index contributed by atoms with van der Waals surface area (Å²) in [4.78, 5) is 13.6. The average Bonchev–Trinajstić information content (AvgIpc) is 3.29. The number of rotatable bonds is 8. The highest BCUT2D eigenvalue weighted by atomic mass is 32.1. The summed E-state index contributed by atoms with van der Waals surface area (Å²) in [5.74, 6) is 0.889. The number of amides is 1. The van der Waals surface area contributed by atoms with E-state index < -0.39 is 0 Å². The van der Waals surface area contributed by atoms with E-state index in [1.165, 1.54) is 4.88 Å². The molecular weight excluding hydrogens is 338 g/mol. The highest BCUT2D eigenvalue weighted by Crippen LogP contribution is 2.29. The number of hydrogen-bond acceptors (Lipinski definition) is 5. The Balaban J connectivity index is 1.62. The third kappa shape index (κ3) is 4.03. The number of nitrogens with one attached hydrogen (secondary N) is 1. The molecule has 3 rings (SSSR count). The van der Waals surface area contributed by atoms with Crippen molar-refractivity contribution >= 4 is 28.2 Å². The molecule has 0 saturated carbocycles. The maximum Gasteiger partial charge on any atom is 0.287 e. The van der Waals surface area contributed by atoms with Crippen molar-refractivity contribution in [3.8, 4) is 5.75 Å². The van der Waals surface area contributed by atoms with Gasteiger partial charge in [0.25, 0.3) is 5.91 Å². The fourth-order valence-corrected chi connectivity index (χ4v) is 3.76. The highest BCUT2D eigenvalue weighted by Gasteiger charge is 2.16. The summed E-state index contributed by atoms with van der Waals surface area (Å²) < 4.78 is 10.9. The number of methoxy groups -OCH3 is 1. The Bertz CT molecular complexity index is 825. The topological polar surface area (TPSA) is 71.7 Å². The smallest absolute Gasteiger partial charge is 0.287 e. The van der Waals surface area contributed by atoms with Crippen molar-refractivity contribution in [3.05, 3.63) is 52.4 Å². The fourth-order valence-electron chi connectivity index (χ4n) is 2.86. The van der Waals surface area contributed by atoms with Gasteiger partial charge in [-0.25, -0.2) is 0 Å². The van der Waals surface area contributed by atoms with Crippen molar-refractivity contribution < 1.29 is 19.1 Å². The number of carbonyl (C=O) groups excluding carboxylic acids is 1. The zero-order chi connectivity index (χ0) is 17.6. The van der Waals surface area contributed by atoms with Crippen LogP contribution in [0.4, 0.5) is 0 Å². The zero-order valence-electron chi connectivity index (χ0n) is 14.0. The van der Waals surface area contributed by atoms with E-state index in [2.05, 4.69) is 11.4 Å². The predicted octanol–water partition coefficient (Wildman–Crippen LogP) is 3.79. The van der Waals surface area contributed by atoms with E-state index in [0.717, 1.165) is 11.8 Å². The van der Waals surface area contributed by atoms with E-state index in [1.807, 2.05) is 23.6 Å². The van der Waals surface area contributed by atoms with E-state index in [-0.39, 0.29) is 24.2 Å². The molecule has 132 valence electrons. The van der Waals surface area contributed by atoms with E-state index in [9.17, 15) is 9.90 Å². The van der Waals surface area contributed by atoms with Crippen molar-refractivity contribution in [3.63, 3.8) is 0 Å². The number of fused-ring (bicyclic) bond motifs is 1. The molecule has 2 N–H and O–H groups in total. The summed E-state index contributed by atoms with van der Waals surface area (Å²) in [5, 5.41) is 15.0. The van der Waals surface area contributed by atoms with Gasteiger partial charge in [0.2, 0.25) is 0 Å². The molecule has 0 radical (unpaired) electrons. The largest absolute Gasteiger partial charge is 0.493 e. The van der Waals surface area contributed by atoms with Crippen molar-refractivity contribution in [1.82, 2.24) is 5.32 Å². The van der Waals surface area contributed by atoms with Gasteiger partial charge in [0.15, 0.2) is 17.1 Å². The van der Waals surface area contributed by atoms with Crippen LogP contribution in [0.1, 0.15) is 34.2 Å². The van der Waals surface area contributed by atoms with Crippen LogP contribution in [-0.4, -0.2) is 31.3 Å². The van der Waals surface area contributed by atoms with Gasteiger partial charge in [0.05, 0.1) is 7.11 Å². The van der Waals surface area contributed by atoms with Crippen molar-refractivity contribution in [2.75, 3.05) is 20.3 Å². The van der Waals surface area contributed by atoms with Crippen LogP contribution >= 0.6 is 11.3 Å². The first-order chi connectivity index (χ1) is 12.2. The molecule has 2 aromatic heterocycles. The number of hydrogen-bond donors (Lipinski definition) is 2. The minimum Gasteiger partial charge on any atom is -0.493 e. The molecule has 1 aromatic carbocycles. The molecule has 1 amide bonds. The summed E-state index contributed by atoms with van der Waals surface area (Å²) in [6, 6.07) is 11.3. The average molecular weight is 359 g/mol. The molecule has 1 unspecified atom stereocenters. The Labute approximate surface area is 150 Å². The minimum absolute atomic E-state index is 0.139. The molecule has 0 spiro atoms. The zero-order valence-corrected chi connectivity index (χ0v) is 14.8. The van der Waals surface area contributed by atoms with E-state index in [1.54, 1.807) is 30.6 Å². The first kappa shape index (κ1) is 17.5. The van der Waals surface area contributed by atoms with Crippen LogP contribution in [-0.2, 0) is 0 Å². The second-order valence-corrected chi connectivity index (χ2v) is 6.74. The molecule has 0 bridgehead atoms. The Hall–Kier alpha value is -2.31. The Morgan fingerprint density at radius 3 is 2.92 bits per heavy atom. The lowest BCUT2D eigenvalue weighted by Gasteiger charge is -2.14. The maximum absolute atomic E-state index is 12.3. The predicted molar refractivity (Wildman–Crippen MR) is 98.5 cm³/mol. The van der Waals surface area contributed by atoms with Crippen LogP contribution < -0.4 is 10.1 Å². The SMILES string of the molecule is COc1cccc2cc(C(=O)NCCC(CCO)c3cccs3)oc12. The second kappa shape index (κ2) is 8.18. The Morgan fingerprint density at radius 2 is 2.20 bits per heavy atom. The number of ether oxygens (including phenoxy) is 1. The number of aliphatic hydroxyl groups excluding tert-OH is 1. The quantitative estimate of drug-likeness (QED) is 0.642. The van der Waals surface area contributed by atoms with Crippen LogP contribution in [0.3, 0.4) is 0 Å². The third-order valence-electron chi connectivity index (χ3n) is 4.15.